The fourth-order valence-electron chi connectivity index (χ4n) is 14.2. The summed E-state index contributed by atoms with van der Waals surface area (Å²) in [6, 6.07) is 103. The predicted octanol–water partition coefficient (Wildman–Crippen LogP) is 23.7. The van der Waals surface area contributed by atoms with E-state index >= 15 is 0 Å². The molecule has 0 radical (unpaired) electrons. The van der Waals surface area contributed by atoms with Crippen molar-refractivity contribution in [3.05, 3.63) is 331 Å². The van der Waals surface area contributed by atoms with Crippen molar-refractivity contribution in [2.24, 2.45) is 11.8 Å². The Labute approximate surface area is 531 Å². The summed E-state index contributed by atoms with van der Waals surface area (Å²) < 4.78 is 9.07. The van der Waals surface area contributed by atoms with Gasteiger partial charge in [0, 0.05) is 38.9 Å². The molecule has 1 aromatic heterocycles. The molecule has 14 rings (SSSR count). The van der Waals surface area contributed by atoms with Crippen LogP contribution < -0.4 is 9.64 Å². The molecule has 0 fully saturated rings. The zero-order chi connectivity index (χ0) is 61.3. The SMILES string of the molecule is C=Cc1ccc(-c2ccc3c(c2)c2cc(-c4ccc(N(c5ccc(-c6ccccc6)cc5)c5ccc6c(c5)C(CC(C)CCC(C)COc5cc(C)c(-c7ccc(C=C)cc7)cc5C)(c5ccccc5)c5ccccc5-6)cc4)ccc2n3-c2ccccc2)cc1. The second-order valence-corrected chi connectivity index (χ2v) is 24.9. The van der Waals surface area contributed by atoms with Gasteiger partial charge in [0.2, 0.25) is 0 Å². The van der Waals surface area contributed by atoms with Crippen LogP contribution in [0.3, 0.4) is 0 Å². The van der Waals surface area contributed by atoms with E-state index in [-0.39, 0.29) is 0 Å². The van der Waals surface area contributed by atoms with Gasteiger partial charge >= 0.3 is 0 Å². The number of fused-ring (bicyclic) bond motifs is 6. The third kappa shape index (κ3) is 10.9. The van der Waals surface area contributed by atoms with Crippen LogP contribution in [0, 0.1) is 25.7 Å². The van der Waals surface area contributed by atoms with Crippen molar-refractivity contribution in [2.45, 2.75) is 52.4 Å². The van der Waals surface area contributed by atoms with Gasteiger partial charge in [0.1, 0.15) is 5.75 Å². The first kappa shape index (κ1) is 57.3. The lowest BCUT2D eigenvalue weighted by atomic mass is 9.67. The van der Waals surface area contributed by atoms with Crippen molar-refractivity contribution in [2.75, 3.05) is 11.5 Å². The molecule has 0 saturated heterocycles. The minimum atomic E-state index is -0.392. The minimum absolute atomic E-state index is 0.373. The number of rotatable bonds is 19. The molecule has 0 amide bonds. The number of benzene rings is 12. The van der Waals surface area contributed by atoms with Gasteiger partial charge in [-0.2, -0.15) is 0 Å². The topological polar surface area (TPSA) is 17.4 Å². The van der Waals surface area contributed by atoms with Gasteiger partial charge in [0.05, 0.1) is 17.6 Å². The first-order chi connectivity index (χ1) is 44.1. The minimum Gasteiger partial charge on any atom is -0.493 e. The van der Waals surface area contributed by atoms with Crippen LogP contribution in [0.2, 0.25) is 0 Å². The molecule has 90 heavy (non-hydrogen) atoms. The lowest BCUT2D eigenvalue weighted by molar-refractivity contribution is 0.239. The highest BCUT2D eigenvalue weighted by Gasteiger charge is 2.45. The fourth-order valence-corrected chi connectivity index (χ4v) is 14.2. The summed E-state index contributed by atoms with van der Waals surface area (Å²) in [6.07, 6.45) is 6.89. The van der Waals surface area contributed by atoms with Crippen LogP contribution in [-0.2, 0) is 5.41 Å². The van der Waals surface area contributed by atoms with E-state index in [9.17, 15) is 0 Å². The zero-order valence-corrected chi connectivity index (χ0v) is 51.9. The Morgan fingerprint density at radius 3 is 1.49 bits per heavy atom. The molecule has 3 atom stereocenters. The fraction of sp³-hybridized carbons (Fsp3) is 0.126. The number of ether oxygens (including phenoxy) is 1. The summed E-state index contributed by atoms with van der Waals surface area (Å²) >= 11 is 0. The molecular formula is C87H74N2O. The van der Waals surface area contributed by atoms with Crippen LogP contribution in [0.25, 0.3) is 95.3 Å². The van der Waals surface area contributed by atoms with Crippen molar-refractivity contribution >= 4 is 51.0 Å². The van der Waals surface area contributed by atoms with Gasteiger partial charge < -0.3 is 14.2 Å². The highest BCUT2D eigenvalue weighted by atomic mass is 16.5. The molecule has 3 nitrogen and oxygen atoms in total. The second-order valence-electron chi connectivity index (χ2n) is 24.9. The van der Waals surface area contributed by atoms with E-state index in [2.05, 4.69) is 329 Å². The maximum Gasteiger partial charge on any atom is 0.122 e. The summed E-state index contributed by atoms with van der Waals surface area (Å²) in [4.78, 5) is 2.46. The predicted molar refractivity (Wildman–Crippen MR) is 383 cm³/mol. The number of nitrogens with zero attached hydrogens (tertiary/aromatic N) is 2. The van der Waals surface area contributed by atoms with Gasteiger partial charge in [-0.3, -0.25) is 0 Å². The third-order valence-corrected chi connectivity index (χ3v) is 18.9. The van der Waals surface area contributed by atoms with Crippen molar-refractivity contribution < 1.29 is 4.74 Å². The van der Waals surface area contributed by atoms with Crippen molar-refractivity contribution in [1.82, 2.24) is 4.57 Å². The van der Waals surface area contributed by atoms with Gasteiger partial charge in [-0.15, -0.1) is 0 Å². The van der Waals surface area contributed by atoms with Crippen LogP contribution in [0.1, 0.15) is 72.1 Å². The Kier molecular flexibility index (Phi) is 15.6. The highest BCUT2D eigenvalue weighted by molar-refractivity contribution is 6.11. The van der Waals surface area contributed by atoms with Crippen LogP contribution in [0.5, 0.6) is 5.75 Å². The van der Waals surface area contributed by atoms with Crippen LogP contribution in [0.4, 0.5) is 17.1 Å². The standard InChI is InChI=1S/C87H74N2O/c1-7-63-30-34-67(35-31-63)70-42-50-84-80(54-70)81-55-71(43-51-85(81)89(84)73-24-16-11-17-25-73)68-40-46-75(47-41-68)88(74-44-38-66(39-45-74)65-20-12-9-13-21-65)76-48-49-78-77-26-18-19-27-82(77)87(83(78)56-76,72-22-14-10-15-23-72)57-59(3)28-29-60(4)58-90-86-53-61(5)79(52-62(86)6)69-36-32-64(8-2)33-37-69/h7-27,30-56,59-60H,1-2,28-29,57-58H2,3-6H3. The quantitative estimate of drug-likeness (QED) is 0.0803. The van der Waals surface area contributed by atoms with Crippen LogP contribution >= 0.6 is 0 Å². The van der Waals surface area contributed by atoms with Crippen molar-refractivity contribution in [3.63, 3.8) is 0 Å². The molecule has 0 N–H and O–H groups in total. The number of aryl methyl sites for hydroxylation is 2. The first-order valence-corrected chi connectivity index (χ1v) is 31.8. The van der Waals surface area contributed by atoms with Gasteiger partial charge in [-0.25, -0.2) is 0 Å². The molecule has 438 valence electrons. The molecule has 12 aromatic carbocycles. The van der Waals surface area contributed by atoms with Crippen LogP contribution in [-0.4, -0.2) is 11.2 Å². The van der Waals surface area contributed by atoms with E-state index in [4.69, 9.17) is 4.74 Å². The molecule has 0 spiro atoms. The number of hydrogen-bond acceptors (Lipinski definition) is 2. The maximum atomic E-state index is 6.67. The smallest absolute Gasteiger partial charge is 0.122 e. The lowest BCUT2D eigenvalue weighted by Gasteiger charge is -2.36. The van der Waals surface area contributed by atoms with Crippen molar-refractivity contribution in [1.29, 1.82) is 0 Å². The summed E-state index contributed by atoms with van der Waals surface area (Å²) in [6.45, 7) is 17.8. The Balaban J connectivity index is 0.805. The molecule has 0 saturated carbocycles. The largest absolute Gasteiger partial charge is 0.493 e. The molecule has 1 heterocycles. The van der Waals surface area contributed by atoms with Crippen LogP contribution in [0.15, 0.2) is 292 Å². The van der Waals surface area contributed by atoms with E-state index in [1.54, 1.807) is 0 Å². The van der Waals surface area contributed by atoms with E-state index < -0.39 is 5.41 Å². The maximum absolute atomic E-state index is 6.67. The summed E-state index contributed by atoms with van der Waals surface area (Å²) in [5.41, 5.74) is 27.2. The highest BCUT2D eigenvalue weighted by Crippen LogP contribution is 2.57. The molecule has 3 unspecified atom stereocenters. The summed E-state index contributed by atoms with van der Waals surface area (Å²) in [5, 5.41) is 2.44. The van der Waals surface area contributed by atoms with Gasteiger partial charge in [-0.1, -0.05) is 240 Å². The van der Waals surface area contributed by atoms with Gasteiger partial charge in [0.25, 0.3) is 0 Å². The Morgan fingerprint density at radius 1 is 0.411 bits per heavy atom. The van der Waals surface area contributed by atoms with Crippen molar-refractivity contribution in [3.8, 4) is 67.1 Å². The first-order valence-electron chi connectivity index (χ1n) is 31.8. The molecule has 13 aromatic rings. The second kappa shape index (κ2) is 24.6. The Hall–Kier alpha value is -10.5. The molecule has 1 aliphatic rings. The van der Waals surface area contributed by atoms with Gasteiger partial charge in [0.15, 0.2) is 0 Å². The monoisotopic (exact) mass is 1160 g/mol. The van der Waals surface area contributed by atoms with Gasteiger partial charge in [-0.05, 0) is 218 Å². The zero-order valence-electron chi connectivity index (χ0n) is 51.9. The summed E-state index contributed by atoms with van der Waals surface area (Å²) in [7, 11) is 0. The molecular weight excluding hydrogens is 1090 g/mol. The molecule has 0 aliphatic heterocycles. The van der Waals surface area contributed by atoms with E-state index in [1.807, 2.05) is 12.2 Å². The average molecular weight is 1160 g/mol. The summed E-state index contributed by atoms with van der Waals surface area (Å²) in [5.74, 6) is 1.74. The van der Waals surface area contributed by atoms with E-state index in [0.717, 1.165) is 70.0 Å². The number of hydrogen-bond donors (Lipinski definition) is 0. The number of para-hydroxylation sites is 1. The third-order valence-electron chi connectivity index (χ3n) is 18.9. The lowest BCUT2D eigenvalue weighted by Crippen LogP contribution is -2.30. The molecule has 1 aliphatic carbocycles. The Morgan fingerprint density at radius 2 is 0.889 bits per heavy atom. The Bertz CT molecular complexity index is 4730. The van der Waals surface area contributed by atoms with E-state index in [1.165, 1.54) is 94.1 Å². The normalized spacial score (nSPS) is 14.0. The average Bonchev–Trinajstić information content (AvgIpc) is 1.57. The number of anilines is 3. The number of aromatic nitrogens is 1. The molecule has 0 bridgehead atoms. The van der Waals surface area contributed by atoms with E-state index in [0.29, 0.717) is 18.4 Å². The molecule has 3 heteroatoms.